The third kappa shape index (κ3) is 2.79. The van der Waals surface area contributed by atoms with Crippen LogP contribution in [0.5, 0.6) is 0 Å². The third-order valence-electron chi connectivity index (χ3n) is 3.00. The summed E-state index contributed by atoms with van der Waals surface area (Å²) in [6, 6.07) is 11.1. The van der Waals surface area contributed by atoms with E-state index in [1.807, 2.05) is 49.0 Å². The van der Waals surface area contributed by atoms with Crippen molar-refractivity contribution in [3.05, 3.63) is 53.7 Å². The molecule has 0 amide bonds. The molecule has 0 aliphatic rings. The summed E-state index contributed by atoms with van der Waals surface area (Å²) in [5, 5.41) is 0. The zero-order chi connectivity index (χ0) is 19.0. The SMILES string of the molecule is [2H]C([2H])([2H])C([2H])(Cc1ccc(-c2cccc[n+]2C)c(C)c1)C([2H])([2H])[2H]. The Bertz CT molecular complexity index is 748. The molecule has 0 N–H and O–H groups in total. The van der Waals surface area contributed by atoms with Crippen LogP contribution in [0.3, 0.4) is 0 Å². The van der Waals surface area contributed by atoms with Crippen molar-refractivity contribution < 1.29 is 14.2 Å². The van der Waals surface area contributed by atoms with E-state index in [4.69, 9.17) is 9.60 Å². The standard InChI is InChI=1S/C17H22N/c1-13(2)11-15-8-9-16(14(3)12-15)17-7-5-6-10-18(17)4/h5-10,12-13H,11H2,1-4H3/q+1/i1D3,2D3,13D. The highest BCUT2D eigenvalue weighted by Crippen LogP contribution is 2.22. The lowest BCUT2D eigenvalue weighted by molar-refractivity contribution is -0.660. The fourth-order valence-corrected chi connectivity index (χ4v) is 2.13. The van der Waals surface area contributed by atoms with Gasteiger partial charge in [-0.2, -0.15) is 0 Å². The number of rotatable bonds is 3. The van der Waals surface area contributed by atoms with Crippen molar-refractivity contribution in [3.63, 3.8) is 0 Å². The fraction of sp³-hybridized carbons (Fsp3) is 0.353. The summed E-state index contributed by atoms with van der Waals surface area (Å²) >= 11 is 0. The van der Waals surface area contributed by atoms with Gasteiger partial charge in [0.1, 0.15) is 7.05 Å². The first kappa shape index (κ1) is 6.51. The number of aromatic nitrogens is 1. The molecule has 0 bridgehead atoms. The number of pyridine rings is 1. The highest BCUT2D eigenvalue weighted by atomic mass is 14.9. The van der Waals surface area contributed by atoms with Crippen LogP contribution in [0.1, 0.15) is 34.4 Å². The van der Waals surface area contributed by atoms with Crippen LogP contribution >= 0.6 is 0 Å². The maximum Gasteiger partial charge on any atom is 0.212 e. The molecule has 1 heteroatoms. The number of nitrogens with zero attached hydrogens (tertiary/aromatic N) is 1. The molecule has 0 radical (unpaired) electrons. The van der Waals surface area contributed by atoms with Gasteiger partial charge in [0.2, 0.25) is 5.69 Å². The Kier molecular flexibility index (Phi) is 1.93. The summed E-state index contributed by atoms with van der Waals surface area (Å²) in [6.45, 7) is -3.92. The van der Waals surface area contributed by atoms with Crippen LogP contribution in [-0.4, -0.2) is 0 Å². The second-order valence-electron chi connectivity index (χ2n) is 4.50. The molecule has 2 aromatic rings. The van der Waals surface area contributed by atoms with Crippen molar-refractivity contribution in [2.45, 2.75) is 27.0 Å². The maximum absolute atomic E-state index is 8.15. The predicted octanol–water partition coefficient (Wildman–Crippen LogP) is 3.69. The summed E-state index contributed by atoms with van der Waals surface area (Å²) in [7, 11) is 1.93. The van der Waals surface area contributed by atoms with Crippen LogP contribution in [0.4, 0.5) is 0 Å². The third-order valence-corrected chi connectivity index (χ3v) is 3.00. The number of benzene rings is 1. The van der Waals surface area contributed by atoms with E-state index >= 15 is 0 Å². The molecule has 1 aromatic carbocycles. The van der Waals surface area contributed by atoms with Crippen LogP contribution < -0.4 is 4.57 Å². The molecule has 0 saturated heterocycles. The van der Waals surface area contributed by atoms with Gasteiger partial charge in [0, 0.05) is 27.3 Å². The molecule has 0 atom stereocenters. The highest BCUT2D eigenvalue weighted by molar-refractivity contribution is 5.61. The van der Waals surface area contributed by atoms with E-state index in [-0.39, 0.29) is 6.42 Å². The molecule has 0 aliphatic carbocycles. The number of aryl methyl sites for hydroxylation is 2. The monoisotopic (exact) mass is 247 g/mol. The van der Waals surface area contributed by atoms with E-state index in [1.165, 1.54) is 0 Å². The first-order valence-corrected chi connectivity index (χ1v) is 5.91. The Hall–Kier alpha value is -1.63. The Morgan fingerprint density at radius 1 is 1.28 bits per heavy atom. The van der Waals surface area contributed by atoms with Crippen molar-refractivity contribution in [1.29, 1.82) is 0 Å². The Morgan fingerprint density at radius 2 is 2.11 bits per heavy atom. The van der Waals surface area contributed by atoms with Gasteiger partial charge in [-0.05, 0) is 42.5 Å². The van der Waals surface area contributed by atoms with Crippen molar-refractivity contribution in [3.8, 4) is 11.3 Å². The van der Waals surface area contributed by atoms with Crippen molar-refractivity contribution in [2.75, 3.05) is 0 Å². The molecular weight excluding hydrogens is 218 g/mol. The largest absolute Gasteiger partial charge is 0.212 e. The van der Waals surface area contributed by atoms with Gasteiger partial charge < -0.3 is 0 Å². The average molecular weight is 247 g/mol. The summed E-state index contributed by atoms with van der Waals surface area (Å²) in [6.07, 6.45) is 1.57. The van der Waals surface area contributed by atoms with Gasteiger partial charge in [-0.15, -0.1) is 0 Å². The first-order valence-electron chi connectivity index (χ1n) is 9.41. The smallest absolute Gasteiger partial charge is 0.201 e. The van der Waals surface area contributed by atoms with Gasteiger partial charge in [0.05, 0.1) is 0 Å². The molecule has 18 heavy (non-hydrogen) atoms. The lowest BCUT2D eigenvalue weighted by Crippen LogP contribution is -2.30. The molecular formula is C17H22N+. The van der Waals surface area contributed by atoms with Crippen LogP contribution in [0.25, 0.3) is 11.3 Å². The summed E-state index contributed by atoms with van der Waals surface area (Å²) < 4.78 is 55.3. The van der Waals surface area contributed by atoms with Gasteiger partial charge in [0.25, 0.3) is 0 Å². The molecule has 94 valence electrons. The van der Waals surface area contributed by atoms with E-state index in [9.17, 15) is 0 Å². The van der Waals surface area contributed by atoms with Gasteiger partial charge in [-0.1, -0.05) is 25.8 Å². The average Bonchev–Trinajstić information content (AvgIpc) is 2.46. The minimum absolute atomic E-state index is 0.359. The van der Waals surface area contributed by atoms with E-state index in [2.05, 4.69) is 0 Å². The minimum atomic E-state index is -2.91. The van der Waals surface area contributed by atoms with E-state index in [1.54, 1.807) is 12.1 Å². The van der Waals surface area contributed by atoms with Gasteiger partial charge in [0.15, 0.2) is 6.20 Å². The zero-order valence-corrected chi connectivity index (χ0v) is 10.7. The highest BCUT2D eigenvalue weighted by Gasteiger charge is 2.11. The second-order valence-corrected chi connectivity index (χ2v) is 4.50. The Labute approximate surface area is 120 Å². The molecule has 1 heterocycles. The van der Waals surface area contributed by atoms with Gasteiger partial charge in [-0.3, -0.25) is 0 Å². The molecule has 0 aliphatic heterocycles. The Balaban J connectivity index is 2.43. The first-order chi connectivity index (χ1) is 11.4. The zero-order valence-electron chi connectivity index (χ0n) is 17.7. The molecule has 2 rings (SSSR count). The van der Waals surface area contributed by atoms with Crippen LogP contribution in [-0.2, 0) is 13.5 Å². The summed E-state index contributed by atoms with van der Waals surface area (Å²) in [5.74, 6) is -2.54. The molecule has 0 saturated carbocycles. The molecule has 1 nitrogen and oxygen atoms in total. The summed E-state index contributed by atoms with van der Waals surface area (Å²) in [4.78, 5) is 0. The van der Waals surface area contributed by atoms with E-state index < -0.39 is 19.6 Å². The summed E-state index contributed by atoms with van der Waals surface area (Å²) in [5.41, 5.74) is 3.40. The van der Waals surface area contributed by atoms with Crippen molar-refractivity contribution in [2.24, 2.45) is 12.9 Å². The predicted molar refractivity (Wildman–Crippen MR) is 76.3 cm³/mol. The second kappa shape index (κ2) is 5.34. The maximum atomic E-state index is 8.15. The minimum Gasteiger partial charge on any atom is -0.201 e. The van der Waals surface area contributed by atoms with Crippen LogP contribution in [0.2, 0.25) is 0 Å². The normalized spacial score (nSPS) is 18.7. The lowest BCUT2D eigenvalue weighted by Gasteiger charge is -2.09. The fourth-order valence-electron chi connectivity index (χ4n) is 2.13. The van der Waals surface area contributed by atoms with E-state index in [0.717, 1.165) is 16.8 Å². The molecule has 0 spiro atoms. The lowest BCUT2D eigenvalue weighted by atomic mass is 9.97. The van der Waals surface area contributed by atoms with E-state index in [0.29, 0.717) is 5.56 Å². The van der Waals surface area contributed by atoms with Gasteiger partial charge in [-0.25, -0.2) is 4.57 Å². The van der Waals surface area contributed by atoms with Crippen molar-refractivity contribution >= 4 is 0 Å². The quantitative estimate of drug-likeness (QED) is 0.728. The molecule has 0 fully saturated rings. The molecule has 0 unspecified atom stereocenters. The van der Waals surface area contributed by atoms with Crippen molar-refractivity contribution in [1.82, 2.24) is 0 Å². The van der Waals surface area contributed by atoms with Gasteiger partial charge >= 0.3 is 0 Å². The number of hydrogen-bond acceptors (Lipinski definition) is 0. The van der Waals surface area contributed by atoms with Crippen LogP contribution in [0, 0.1) is 12.8 Å². The Morgan fingerprint density at radius 3 is 2.78 bits per heavy atom. The number of hydrogen-bond donors (Lipinski definition) is 0. The molecule has 1 aromatic heterocycles. The van der Waals surface area contributed by atoms with Crippen LogP contribution in [0.15, 0.2) is 42.6 Å². The topological polar surface area (TPSA) is 3.88 Å².